The zero-order valence-electron chi connectivity index (χ0n) is 11.6. The van der Waals surface area contributed by atoms with E-state index in [2.05, 4.69) is 12.3 Å². The fourth-order valence-electron chi connectivity index (χ4n) is 1.38. The van der Waals surface area contributed by atoms with Crippen LogP contribution in [0.4, 0.5) is 0 Å². The van der Waals surface area contributed by atoms with Crippen molar-refractivity contribution in [2.45, 2.75) is 0 Å². The Morgan fingerprint density at radius 3 is 2.76 bits per heavy atom. The Morgan fingerprint density at radius 1 is 1.29 bits per heavy atom. The van der Waals surface area contributed by atoms with E-state index in [0.717, 1.165) is 6.20 Å². The van der Waals surface area contributed by atoms with Crippen LogP contribution in [0.1, 0.15) is 5.56 Å². The highest BCUT2D eigenvalue weighted by Gasteiger charge is 2.04. The summed E-state index contributed by atoms with van der Waals surface area (Å²) in [6.45, 7) is 3.43. The molecule has 108 valence electrons. The van der Waals surface area contributed by atoms with Crippen molar-refractivity contribution in [3.05, 3.63) is 83.0 Å². The van der Waals surface area contributed by atoms with Crippen molar-refractivity contribution in [3.8, 4) is 11.5 Å². The van der Waals surface area contributed by atoms with E-state index in [1.807, 2.05) is 0 Å². The standard InChI is InChI=1S/C16H15NO4/c1-3-4-5-6-7-12-21-15-9-8-14(10-11-17(18)19)13-16(15)20-2/h4-13H,1H2,2H3/b6-5+,11-10-,12-7+. The smallest absolute Gasteiger partial charge is 0.235 e. The SMILES string of the molecule is C=C=C/C=C/C=C/Oc1ccc(/C=C\[N+](=O)[O-])cc1OC. The maximum Gasteiger partial charge on any atom is 0.235 e. The fraction of sp³-hybridized carbons (Fsp3) is 0.0625. The molecule has 0 saturated heterocycles. The average molecular weight is 285 g/mol. The van der Waals surface area contributed by atoms with Crippen molar-refractivity contribution >= 4 is 6.08 Å². The van der Waals surface area contributed by atoms with Crippen LogP contribution >= 0.6 is 0 Å². The fourth-order valence-corrected chi connectivity index (χ4v) is 1.38. The summed E-state index contributed by atoms with van der Waals surface area (Å²) in [5.41, 5.74) is 3.26. The maximum atomic E-state index is 10.3. The lowest BCUT2D eigenvalue weighted by atomic mass is 10.2. The molecule has 0 aliphatic heterocycles. The lowest BCUT2D eigenvalue weighted by molar-refractivity contribution is -0.400. The van der Waals surface area contributed by atoms with Gasteiger partial charge in [-0.15, -0.1) is 5.73 Å². The van der Waals surface area contributed by atoms with Crippen LogP contribution in [0.3, 0.4) is 0 Å². The largest absolute Gasteiger partial charge is 0.493 e. The first-order valence-corrected chi connectivity index (χ1v) is 6.01. The molecule has 1 rings (SSSR count). The van der Waals surface area contributed by atoms with Gasteiger partial charge in [0.15, 0.2) is 11.5 Å². The van der Waals surface area contributed by atoms with E-state index in [0.29, 0.717) is 17.1 Å². The van der Waals surface area contributed by atoms with E-state index in [4.69, 9.17) is 9.47 Å². The molecule has 0 aliphatic carbocycles. The Balaban J connectivity index is 2.79. The molecule has 0 heterocycles. The molecular formula is C16H15NO4. The van der Waals surface area contributed by atoms with E-state index in [9.17, 15) is 10.1 Å². The number of ether oxygens (including phenoxy) is 2. The van der Waals surface area contributed by atoms with Gasteiger partial charge in [-0.2, -0.15) is 0 Å². The van der Waals surface area contributed by atoms with Crippen molar-refractivity contribution in [2.24, 2.45) is 0 Å². The van der Waals surface area contributed by atoms with Gasteiger partial charge in [0.25, 0.3) is 0 Å². The number of nitro groups is 1. The molecule has 0 bridgehead atoms. The lowest BCUT2D eigenvalue weighted by Crippen LogP contribution is -1.90. The van der Waals surface area contributed by atoms with Gasteiger partial charge in [0.05, 0.1) is 18.3 Å². The summed E-state index contributed by atoms with van der Waals surface area (Å²) in [7, 11) is 1.50. The minimum atomic E-state index is -0.524. The second-order valence-electron chi connectivity index (χ2n) is 3.71. The number of benzene rings is 1. The van der Waals surface area contributed by atoms with Crippen LogP contribution in [-0.2, 0) is 0 Å². The molecule has 0 unspecified atom stereocenters. The molecule has 0 radical (unpaired) electrons. The highest BCUT2D eigenvalue weighted by atomic mass is 16.6. The van der Waals surface area contributed by atoms with Gasteiger partial charge in [0.2, 0.25) is 6.20 Å². The van der Waals surface area contributed by atoms with Crippen LogP contribution in [-0.4, -0.2) is 12.0 Å². The second-order valence-corrected chi connectivity index (χ2v) is 3.71. The minimum Gasteiger partial charge on any atom is -0.493 e. The Morgan fingerprint density at radius 2 is 2.10 bits per heavy atom. The summed E-state index contributed by atoms with van der Waals surface area (Å²) in [6, 6.07) is 5.03. The summed E-state index contributed by atoms with van der Waals surface area (Å²) in [4.78, 5) is 9.76. The molecular weight excluding hydrogens is 270 g/mol. The molecule has 0 fully saturated rings. The monoisotopic (exact) mass is 285 g/mol. The lowest BCUT2D eigenvalue weighted by Gasteiger charge is -2.07. The Labute approximate surface area is 123 Å². The first-order chi connectivity index (χ1) is 10.2. The number of nitrogens with zero attached hydrogens (tertiary/aromatic N) is 1. The molecule has 0 atom stereocenters. The predicted octanol–water partition coefficient (Wildman–Crippen LogP) is 3.73. The Kier molecular flexibility index (Phi) is 6.83. The van der Waals surface area contributed by atoms with E-state index >= 15 is 0 Å². The number of methoxy groups -OCH3 is 1. The van der Waals surface area contributed by atoms with Gasteiger partial charge >= 0.3 is 0 Å². The van der Waals surface area contributed by atoms with Crippen molar-refractivity contribution in [3.63, 3.8) is 0 Å². The molecule has 5 heteroatoms. The van der Waals surface area contributed by atoms with Crippen LogP contribution in [0.5, 0.6) is 11.5 Å². The van der Waals surface area contributed by atoms with E-state index < -0.39 is 4.92 Å². The zero-order valence-corrected chi connectivity index (χ0v) is 11.6. The van der Waals surface area contributed by atoms with Gasteiger partial charge in [0.1, 0.15) is 0 Å². The molecule has 0 aromatic heterocycles. The topological polar surface area (TPSA) is 61.6 Å². The minimum absolute atomic E-state index is 0.486. The molecule has 1 aromatic rings. The molecule has 0 amide bonds. The number of hydrogen-bond acceptors (Lipinski definition) is 4. The van der Waals surface area contributed by atoms with Crippen LogP contribution in [0.15, 0.2) is 67.3 Å². The third kappa shape index (κ3) is 6.09. The predicted molar refractivity (Wildman–Crippen MR) is 81.6 cm³/mol. The van der Waals surface area contributed by atoms with Crippen LogP contribution in [0.25, 0.3) is 6.08 Å². The molecule has 0 saturated carbocycles. The van der Waals surface area contributed by atoms with Crippen LogP contribution in [0, 0.1) is 10.1 Å². The van der Waals surface area contributed by atoms with Crippen LogP contribution in [0.2, 0.25) is 0 Å². The summed E-state index contributed by atoms with van der Waals surface area (Å²) in [6.07, 6.45) is 10.6. The molecule has 21 heavy (non-hydrogen) atoms. The van der Waals surface area contributed by atoms with Crippen molar-refractivity contribution in [1.82, 2.24) is 0 Å². The second kappa shape index (κ2) is 8.96. The van der Waals surface area contributed by atoms with Crippen molar-refractivity contribution in [1.29, 1.82) is 0 Å². The van der Waals surface area contributed by atoms with Gasteiger partial charge in [-0.05, 0) is 29.8 Å². The number of allylic oxidation sites excluding steroid dienone is 4. The first kappa shape index (κ1) is 16.0. The summed E-state index contributed by atoms with van der Waals surface area (Å²) >= 11 is 0. The number of rotatable bonds is 7. The molecule has 0 aliphatic rings. The highest BCUT2D eigenvalue weighted by molar-refractivity contribution is 5.55. The summed E-state index contributed by atoms with van der Waals surface area (Å²) in [5.74, 6) is 1.000. The summed E-state index contributed by atoms with van der Waals surface area (Å²) in [5, 5.41) is 10.3. The van der Waals surface area contributed by atoms with Gasteiger partial charge in [-0.1, -0.05) is 24.8 Å². The normalized spacial score (nSPS) is 10.9. The molecule has 0 N–H and O–H groups in total. The van der Waals surface area contributed by atoms with E-state index in [1.165, 1.54) is 19.4 Å². The Hall–Kier alpha value is -3.04. The first-order valence-electron chi connectivity index (χ1n) is 6.01. The van der Waals surface area contributed by atoms with Gasteiger partial charge < -0.3 is 9.47 Å². The summed E-state index contributed by atoms with van der Waals surface area (Å²) < 4.78 is 10.6. The van der Waals surface area contributed by atoms with Gasteiger partial charge in [-0.25, -0.2) is 0 Å². The van der Waals surface area contributed by atoms with Gasteiger partial charge in [-0.3, -0.25) is 10.1 Å². The highest BCUT2D eigenvalue weighted by Crippen LogP contribution is 2.28. The quantitative estimate of drug-likeness (QED) is 0.252. The van der Waals surface area contributed by atoms with Crippen molar-refractivity contribution in [2.75, 3.05) is 7.11 Å². The average Bonchev–Trinajstić information content (AvgIpc) is 2.49. The van der Waals surface area contributed by atoms with Gasteiger partial charge in [0, 0.05) is 6.08 Å². The number of hydrogen-bond donors (Lipinski definition) is 0. The Bertz CT molecular complexity index is 623. The van der Waals surface area contributed by atoms with E-state index in [1.54, 1.807) is 42.5 Å². The molecule has 5 nitrogen and oxygen atoms in total. The molecule has 1 aromatic carbocycles. The molecule has 0 spiro atoms. The van der Waals surface area contributed by atoms with Crippen LogP contribution < -0.4 is 9.47 Å². The zero-order chi connectivity index (χ0) is 15.5. The maximum absolute atomic E-state index is 10.3. The third-order valence-corrected chi connectivity index (χ3v) is 2.29. The third-order valence-electron chi connectivity index (χ3n) is 2.29. The van der Waals surface area contributed by atoms with Crippen molar-refractivity contribution < 1.29 is 14.4 Å². The van der Waals surface area contributed by atoms with E-state index in [-0.39, 0.29) is 0 Å².